The van der Waals surface area contributed by atoms with Crippen molar-refractivity contribution >= 4 is 16.9 Å². The van der Waals surface area contributed by atoms with Crippen molar-refractivity contribution in [1.29, 1.82) is 0 Å². The predicted octanol–water partition coefficient (Wildman–Crippen LogP) is 3.02. The largest absolute Gasteiger partial charge is 0.353 e. The zero-order chi connectivity index (χ0) is 20.8. The zero-order valence-corrected chi connectivity index (χ0v) is 17.5. The number of benzene rings is 2. The van der Waals surface area contributed by atoms with E-state index in [0.29, 0.717) is 13.1 Å². The molecule has 0 saturated carbocycles. The maximum Gasteiger partial charge on any atom is 0.329 e. The van der Waals surface area contributed by atoms with Crippen LogP contribution in [-0.4, -0.2) is 39.6 Å². The molecule has 0 radical (unpaired) electrons. The van der Waals surface area contributed by atoms with E-state index < -0.39 is 0 Å². The Morgan fingerprint density at radius 2 is 1.52 bits per heavy atom. The Bertz CT molecular complexity index is 1000. The van der Waals surface area contributed by atoms with Crippen LogP contribution < -0.4 is 11.0 Å². The van der Waals surface area contributed by atoms with Gasteiger partial charge in [0.1, 0.15) is 6.54 Å². The number of hydrogen-bond acceptors (Lipinski definition) is 3. The Morgan fingerprint density at radius 1 is 0.931 bits per heavy atom. The van der Waals surface area contributed by atoms with Gasteiger partial charge in [0.15, 0.2) is 0 Å². The van der Waals surface area contributed by atoms with E-state index in [1.807, 2.05) is 49.4 Å². The number of amides is 1. The first kappa shape index (κ1) is 20.9. The minimum Gasteiger partial charge on any atom is -0.353 e. The van der Waals surface area contributed by atoms with E-state index in [4.69, 9.17) is 0 Å². The van der Waals surface area contributed by atoms with Crippen LogP contribution in [0.5, 0.6) is 0 Å². The molecular weight excluding hydrogens is 364 g/mol. The molecule has 3 aromatic rings. The number of aryl methyl sites for hydroxylation is 1. The minimum absolute atomic E-state index is 0.0199. The molecule has 1 N–H and O–H groups in total. The van der Waals surface area contributed by atoms with Gasteiger partial charge in [-0.05, 0) is 37.7 Å². The van der Waals surface area contributed by atoms with Crippen molar-refractivity contribution in [3.8, 4) is 0 Å². The molecule has 0 aliphatic heterocycles. The number of carbonyl (C=O) groups is 1. The van der Waals surface area contributed by atoms with Gasteiger partial charge in [0.25, 0.3) is 0 Å². The summed E-state index contributed by atoms with van der Waals surface area (Å²) in [5, 5.41) is 3.05. The van der Waals surface area contributed by atoms with E-state index in [-0.39, 0.29) is 24.2 Å². The fraction of sp³-hybridized carbons (Fsp3) is 0.391. The Balaban J connectivity index is 1.77. The van der Waals surface area contributed by atoms with Crippen LogP contribution >= 0.6 is 0 Å². The van der Waals surface area contributed by atoms with E-state index in [1.54, 1.807) is 9.13 Å². The number of likely N-dealkylation sites (N-methyl/N-ethyl adjacent to an activating group) is 1. The number of imidazole rings is 1. The van der Waals surface area contributed by atoms with Crippen LogP contribution in [0.4, 0.5) is 0 Å². The Morgan fingerprint density at radius 3 is 2.10 bits per heavy atom. The summed E-state index contributed by atoms with van der Waals surface area (Å²) >= 11 is 0. The quantitative estimate of drug-likeness (QED) is 0.607. The van der Waals surface area contributed by atoms with Crippen LogP contribution in [-0.2, 0) is 17.9 Å². The zero-order valence-electron chi connectivity index (χ0n) is 17.5. The summed E-state index contributed by atoms with van der Waals surface area (Å²) in [5.41, 5.74) is 2.68. The van der Waals surface area contributed by atoms with Gasteiger partial charge in [-0.15, -0.1) is 0 Å². The van der Waals surface area contributed by atoms with Crippen LogP contribution in [0.3, 0.4) is 0 Å². The first-order chi connectivity index (χ1) is 14.1. The van der Waals surface area contributed by atoms with E-state index in [1.165, 1.54) is 5.56 Å². The van der Waals surface area contributed by atoms with E-state index in [2.05, 4.69) is 36.2 Å². The number of rotatable bonds is 9. The highest BCUT2D eigenvalue weighted by molar-refractivity contribution is 5.81. The summed E-state index contributed by atoms with van der Waals surface area (Å²) in [6.45, 7) is 9.09. The van der Waals surface area contributed by atoms with E-state index in [9.17, 15) is 9.59 Å². The molecule has 1 unspecified atom stereocenters. The van der Waals surface area contributed by atoms with Crippen molar-refractivity contribution in [3.63, 3.8) is 0 Å². The molecule has 0 fully saturated rings. The molecule has 6 nitrogen and oxygen atoms in total. The minimum atomic E-state index is -0.154. The molecule has 1 atom stereocenters. The second kappa shape index (κ2) is 9.56. The molecule has 2 aromatic carbocycles. The van der Waals surface area contributed by atoms with Crippen LogP contribution in [0.1, 0.15) is 32.4 Å². The second-order valence-corrected chi connectivity index (χ2v) is 7.05. The molecule has 3 rings (SSSR count). The summed E-state index contributed by atoms with van der Waals surface area (Å²) in [7, 11) is 0. The molecule has 154 valence electrons. The lowest BCUT2D eigenvalue weighted by atomic mass is 10.1. The summed E-state index contributed by atoms with van der Waals surface area (Å²) in [5.74, 6) is -0.154. The first-order valence-corrected chi connectivity index (χ1v) is 10.3. The third-order valence-corrected chi connectivity index (χ3v) is 5.47. The van der Waals surface area contributed by atoms with Crippen molar-refractivity contribution in [2.75, 3.05) is 19.6 Å². The number of aromatic nitrogens is 2. The number of nitrogens with zero attached hydrogens (tertiary/aromatic N) is 3. The number of hydrogen-bond donors (Lipinski definition) is 1. The molecular formula is C23H30N4O2. The van der Waals surface area contributed by atoms with Gasteiger partial charge in [0.05, 0.1) is 17.1 Å². The molecule has 0 spiro atoms. The van der Waals surface area contributed by atoms with Gasteiger partial charge >= 0.3 is 5.69 Å². The summed E-state index contributed by atoms with van der Waals surface area (Å²) in [4.78, 5) is 27.8. The maximum atomic E-state index is 12.8. The lowest BCUT2D eigenvalue weighted by Gasteiger charge is -2.30. The van der Waals surface area contributed by atoms with Crippen LogP contribution in [0, 0.1) is 0 Å². The normalized spacial score (nSPS) is 12.4. The van der Waals surface area contributed by atoms with Gasteiger partial charge in [0, 0.05) is 13.1 Å². The molecule has 1 aromatic heterocycles. The van der Waals surface area contributed by atoms with Crippen LogP contribution in [0.15, 0.2) is 59.4 Å². The van der Waals surface area contributed by atoms with Crippen molar-refractivity contribution in [2.45, 2.75) is 39.9 Å². The Kier molecular flexibility index (Phi) is 6.88. The van der Waals surface area contributed by atoms with Gasteiger partial charge in [-0.25, -0.2) is 4.79 Å². The highest BCUT2D eigenvalue weighted by Gasteiger charge is 2.20. The fourth-order valence-corrected chi connectivity index (χ4v) is 3.94. The number of para-hydroxylation sites is 2. The average molecular weight is 395 g/mol. The average Bonchev–Trinajstić information content (AvgIpc) is 3.02. The van der Waals surface area contributed by atoms with Crippen LogP contribution in [0.2, 0.25) is 0 Å². The van der Waals surface area contributed by atoms with Crippen molar-refractivity contribution in [2.24, 2.45) is 0 Å². The topological polar surface area (TPSA) is 59.3 Å². The van der Waals surface area contributed by atoms with Gasteiger partial charge in [0.2, 0.25) is 5.91 Å². The smallest absolute Gasteiger partial charge is 0.329 e. The third-order valence-electron chi connectivity index (χ3n) is 5.47. The number of fused-ring (bicyclic) bond motifs is 1. The summed E-state index contributed by atoms with van der Waals surface area (Å²) in [6.07, 6.45) is 0. The Hall–Kier alpha value is -2.86. The highest BCUT2D eigenvalue weighted by Crippen LogP contribution is 2.19. The maximum absolute atomic E-state index is 12.8. The Labute approximate surface area is 171 Å². The fourth-order valence-electron chi connectivity index (χ4n) is 3.94. The van der Waals surface area contributed by atoms with Crippen molar-refractivity contribution < 1.29 is 4.79 Å². The highest BCUT2D eigenvalue weighted by atomic mass is 16.2. The van der Waals surface area contributed by atoms with Gasteiger partial charge in [-0.1, -0.05) is 56.3 Å². The lowest BCUT2D eigenvalue weighted by Crippen LogP contribution is -2.40. The summed E-state index contributed by atoms with van der Waals surface area (Å²) < 4.78 is 3.26. The van der Waals surface area contributed by atoms with Crippen molar-refractivity contribution in [3.05, 3.63) is 70.6 Å². The van der Waals surface area contributed by atoms with Gasteiger partial charge in [-0.3, -0.25) is 18.8 Å². The second-order valence-electron chi connectivity index (χ2n) is 7.05. The summed E-state index contributed by atoms with van der Waals surface area (Å²) in [6, 6.07) is 17.9. The molecule has 0 aliphatic carbocycles. The predicted molar refractivity (Wildman–Crippen MR) is 117 cm³/mol. The third kappa shape index (κ3) is 4.43. The molecule has 0 aliphatic rings. The SMILES string of the molecule is CCN(CC)C(CNC(=O)Cn1c(=O)n(CC)c2ccccc21)c1ccccc1. The molecule has 29 heavy (non-hydrogen) atoms. The van der Waals surface area contributed by atoms with E-state index >= 15 is 0 Å². The molecule has 1 heterocycles. The molecule has 1 amide bonds. The monoisotopic (exact) mass is 394 g/mol. The molecule has 0 bridgehead atoms. The molecule has 6 heteroatoms. The standard InChI is InChI=1S/C23H30N4O2/c1-4-25(5-2)21(18-12-8-7-9-13-18)16-24-22(28)17-27-20-15-11-10-14-19(20)26(6-3)23(27)29/h7-15,21H,4-6,16-17H2,1-3H3,(H,24,28). The number of carbonyl (C=O) groups excluding carboxylic acids is 1. The van der Waals surface area contributed by atoms with Crippen LogP contribution in [0.25, 0.3) is 11.0 Å². The molecule has 0 saturated heterocycles. The lowest BCUT2D eigenvalue weighted by molar-refractivity contribution is -0.121. The van der Waals surface area contributed by atoms with Gasteiger partial charge in [-0.2, -0.15) is 0 Å². The van der Waals surface area contributed by atoms with Gasteiger partial charge < -0.3 is 5.32 Å². The first-order valence-electron chi connectivity index (χ1n) is 10.3. The number of nitrogens with one attached hydrogen (secondary N) is 1. The van der Waals surface area contributed by atoms with E-state index in [0.717, 1.165) is 24.1 Å². The van der Waals surface area contributed by atoms with Crippen molar-refractivity contribution in [1.82, 2.24) is 19.4 Å².